The van der Waals surface area contributed by atoms with Gasteiger partial charge in [0.1, 0.15) is 22.2 Å². The third kappa shape index (κ3) is 5.73. The van der Waals surface area contributed by atoms with E-state index < -0.39 is 0 Å². The normalized spacial score (nSPS) is 11.7. The van der Waals surface area contributed by atoms with Crippen LogP contribution in [0.15, 0.2) is 205 Å². The van der Waals surface area contributed by atoms with Crippen molar-refractivity contribution in [2.45, 2.75) is 0 Å². The van der Waals surface area contributed by atoms with Crippen LogP contribution in [0.5, 0.6) is 0 Å². The van der Waals surface area contributed by atoms with Gasteiger partial charge in [0.2, 0.25) is 0 Å². The number of hydrogen-bond donors (Lipinski definition) is 0. The van der Waals surface area contributed by atoms with Gasteiger partial charge in [0.25, 0.3) is 0 Å². The Labute approximate surface area is 344 Å². The molecule has 3 heterocycles. The van der Waals surface area contributed by atoms with Gasteiger partial charge in [-0.1, -0.05) is 146 Å². The molecule has 6 nitrogen and oxygen atoms in total. The Hall–Kier alpha value is -8.22. The topological polar surface area (TPSA) is 69.6 Å². The molecule has 0 spiro atoms. The smallest absolute Gasteiger partial charge is 0.160 e. The molecule has 0 unspecified atom stereocenters. The summed E-state index contributed by atoms with van der Waals surface area (Å²) in [6, 6.07) is 69.4. The van der Waals surface area contributed by atoms with Gasteiger partial charge in [-0.3, -0.25) is 0 Å². The number of para-hydroxylation sites is 2. The van der Waals surface area contributed by atoms with Gasteiger partial charge in [-0.05, 0) is 93.0 Å². The second-order valence-corrected chi connectivity index (χ2v) is 15.1. The molecule has 280 valence electrons. The van der Waals surface area contributed by atoms with Crippen LogP contribution in [-0.4, -0.2) is 25.0 Å². The lowest BCUT2D eigenvalue weighted by atomic mass is 9.96. The average molecular weight is 768 g/mol. The first kappa shape index (κ1) is 33.9. The summed E-state index contributed by atoms with van der Waals surface area (Å²) in [6.45, 7) is 0. The summed E-state index contributed by atoms with van der Waals surface area (Å²) >= 11 is 0. The fraction of sp³-hybridized carbons (Fsp3) is 0. The lowest BCUT2D eigenvalue weighted by Gasteiger charge is -2.12. The van der Waals surface area contributed by atoms with Gasteiger partial charge in [0.15, 0.2) is 5.82 Å². The van der Waals surface area contributed by atoms with Gasteiger partial charge in [-0.15, -0.1) is 10.2 Å². The second-order valence-electron chi connectivity index (χ2n) is 15.1. The van der Waals surface area contributed by atoms with Crippen molar-refractivity contribution in [2.24, 2.45) is 0 Å². The van der Waals surface area contributed by atoms with Crippen LogP contribution in [0.2, 0.25) is 0 Å². The van der Waals surface area contributed by atoms with Crippen LogP contribution in [0.4, 0.5) is 0 Å². The predicted octanol–water partition coefficient (Wildman–Crippen LogP) is 13.8. The van der Waals surface area contributed by atoms with Crippen molar-refractivity contribution in [1.82, 2.24) is 25.0 Å². The Morgan fingerprint density at radius 1 is 0.383 bits per heavy atom. The Balaban J connectivity index is 1.06. The molecule has 0 aliphatic heterocycles. The molecule has 0 saturated carbocycles. The fourth-order valence-corrected chi connectivity index (χ4v) is 8.55. The van der Waals surface area contributed by atoms with Crippen LogP contribution in [0.25, 0.3) is 116 Å². The quantitative estimate of drug-likeness (QED) is 0.158. The summed E-state index contributed by atoms with van der Waals surface area (Å²) in [6.07, 6.45) is 0. The highest BCUT2D eigenvalue weighted by atomic mass is 16.3. The number of rotatable bonds is 6. The van der Waals surface area contributed by atoms with Crippen molar-refractivity contribution in [3.8, 4) is 61.8 Å². The van der Waals surface area contributed by atoms with Crippen LogP contribution in [0.1, 0.15) is 0 Å². The molecule has 12 aromatic rings. The number of benzene rings is 9. The van der Waals surface area contributed by atoms with Gasteiger partial charge in [-0.25, -0.2) is 9.97 Å². The third-order valence-corrected chi connectivity index (χ3v) is 11.5. The Morgan fingerprint density at radius 2 is 1.02 bits per heavy atom. The van der Waals surface area contributed by atoms with Gasteiger partial charge >= 0.3 is 0 Å². The first-order valence-electron chi connectivity index (χ1n) is 20.0. The van der Waals surface area contributed by atoms with Crippen molar-refractivity contribution < 1.29 is 4.42 Å². The lowest BCUT2D eigenvalue weighted by molar-refractivity contribution is 0.669. The molecule has 9 aromatic carbocycles. The maximum Gasteiger partial charge on any atom is 0.160 e. The van der Waals surface area contributed by atoms with Crippen molar-refractivity contribution >= 4 is 54.5 Å². The van der Waals surface area contributed by atoms with E-state index in [1.807, 2.05) is 66.7 Å². The zero-order valence-corrected chi connectivity index (χ0v) is 32.2. The molecule has 0 fully saturated rings. The van der Waals surface area contributed by atoms with E-state index in [4.69, 9.17) is 24.6 Å². The van der Waals surface area contributed by atoms with E-state index in [0.717, 1.165) is 99.4 Å². The lowest BCUT2D eigenvalue weighted by Crippen LogP contribution is -1.97. The highest BCUT2D eigenvalue weighted by molar-refractivity contribution is 6.19. The predicted molar refractivity (Wildman–Crippen MR) is 244 cm³/mol. The molecule has 0 atom stereocenters. The Bertz CT molecular complexity index is 3610. The molecule has 3 aromatic heterocycles. The minimum Gasteiger partial charge on any atom is -0.456 e. The highest BCUT2D eigenvalue weighted by Gasteiger charge is 2.18. The summed E-state index contributed by atoms with van der Waals surface area (Å²) in [4.78, 5) is 12.4. The molecule has 6 heteroatoms. The molecular weight excluding hydrogens is 735 g/mol. The second kappa shape index (κ2) is 13.7. The molecule has 0 amide bonds. The van der Waals surface area contributed by atoms with Gasteiger partial charge in [-0.2, -0.15) is 4.80 Å². The average Bonchev–Trinajstić information content (AvgIpc) is 3.94. The van der Waals surface area contributed by atoms with E-state index in [2.05, 4.69) is 133 Å². The Morgan fingerprint density at radius 3 is 1.87 bits per heavy atom. The van der Waals surface area contributed by atoms with Crippen molar-refractivity contribution in [3.63, 3.8) is 0 Å². The van der Waals surface area contributed by atoms with E-state index in [1.54, 1.807) is 4.80 Å². The van der Waals surface area contributed by atoms with Gasteiger partial charge in [0.05, 0.1) is 17.1 Å². The van der Waals surface area contributed by atoms with Crippen LogP contribution in [0, 0.1) is 0 Å². The maximum absolute atomic E-state index is 6.35. The number of nitrogens with zero attached hydrogens (tertiary/aromatic N) is 5. The molecule has 0 bridgehead atoms. The van der Waals surface area contributed by atoms with Gasteiger partial charge in [0, 0.05) is 32.8 Å². The summed E-state index contributed by atoms with van der Waals surface area (Å²) in [5, 5.41) is 16.3. The largest absolute Gasteiger partial charge is 0.456 e. The van der Waals surface area contributed by atoms with Crippen LogP contribution < -0.4 is 0 Å². The number of furan rings is 1. The summed E-state index contributed by atoms with van der Waals surface area (Å²) < 4.78 is 6.35. The minimum absolute atomic E-state index is 0.628. The molecule has 0 saturated heterocycles. The molecule has 0 aliphatic carbocycles. The molecule has 0 aliphatic rings. The van der Waals surface area contributed by atoms with Crippen molar-refractivity contribution in [3.05, 3.63) is 200 Å². The standard InChI is InChI=1S/C54H33N5O/c1-3-12-34(13-4-1)37-14-9-15-38(30-37)39-16-10-17-40(31-39)47-33-48(43-21-11-23-50-52(43)44-20-7-8-22-49(44)60-50)56-54(55-47)41-27-25-35-24-26-36-28-29-46-53(51(36)45(35)32-41)58-59(57-46)42-18-5-2-6-19-42/h1-33H. The first-order chi connectivity index (χ1) is 29.7. The molecule has 0 radical (unpaired) electrons. The van der Waals surface area contributed by atoms with Crippen molar-refractivity contribution in [2.75, 3.05) is 0 Å². The zero-order valence-electron chi connectivity index (χ0n) is 32.2. The summed E-state index contributed by atoms with van der Waals surface area (Å²) in [5.41, 5.74) is 13.4. The van der Waals surface area contributed by atoms with Gasteiger partial charge < -0.3 is 4.42 Å². The van der Waals surface area contributed by atoms with E-state index in [9.17, 15) is 0 Å². The zero-order chi connectivity index (χ0) is 39.6. The summed E-state index contributed by atoms with van der Waals surface area (Å²) in [5.74, 6) is 0.628. The summed E-state index contributed by atoms with van der Waals surface area (Å²) in [7, 11) is 0. The van der Waals surface area contributed by atoms with E-state index >= 15 is 0 Å². The molecule has 60 heavy (non-hydrogen) atoms. The van der Waals surface area contributed by atoms with Crippen molar-refractivity contribution in [1.29, 1.82) is 0 Å². The fourth-order valence-electron chi connectivity index (χ4n) is 8.55. The number of aromatic nitrogens is 5. The first-order valence-corrected chi connectivity index (χ1v) is 20.0. The third-order valence-electron chi connectivity index (χ3n) is 11.5. The molecule has 0 N–H and O–H groups in total. The molecule has 12 rings (SSSR count). The van der Waals surface area contributed by atoms with Crippen LogP contribution >= 0.6 is 0 Å². The molecular formula is C54H33N5O. The Kier molecular flexibility index (Phi) is 7.74. The number of hydrogen-bond acceptors (Lipinski definition) is 5. The monoisotopic (exact) mass is 767 g/mol. The van der Waals surface area contributed by atoms with E-state index in [1.165, 1.54) is 11.1 Å². The SMILES string of the molecule is c1ccc(-c2cccc(-c3cccc(-c4cc(-c5cccc6oc7ccccc7c56)nc(-c5ccc6ccc7ccc8nn(-c9ccccc9)nc8c7c6c5)n4)c3)c2)cc1. The van der Waals surface area contributed by atoms with E-state index in [-0.39, 0.29) is 0 Å². The van der Waals surface area contributed by atoms with E-state index in [0.29, 0.717) is 5.82 Å². The van der Waals surface area contributed by atoms with Crippen LogP contribution in [-0.2, 0) is 0 Å². The minimum atomic E-state index is 0.628. The number of fused-ring (bicyclic) bond motifs is 8. The maximum atomic E-state index is 6.35. The van der Waals surface area contributed by atoms with Crippen LogP contribution in [0.3, 0.4) is 0 Å². The highest BCUT2D eigenvalue weighted by Crippen LogP contribution is 2.39.